The second-order valence-electron chi connectivity index (χ2n) is 17.6. The quantitative estimate of drug-likeness (QED) is 0.122. The number of hydrogen-bond donors (Lipinski definition) is 3. The molecule has 5 aliphatic rings. The third-order valence-electron chi connectivity index (χ3n) is 12.4. The first-order chi connectivity index (χ1) is 28.2. The number of carbonyl (C=O) groups excluding carboxylic acids is 4. The Balaban J connectivity index is 0.00000282. The van der Waals surface area contributed by atoms with Gasteiger partial charge in [-0.05, 0) is 81.1 Å². The standard InChI is InChI=1S/C43H59N5O10S.3H2/c1-6-7-10-29-22-43(29,41(51)47-59(53,54)32-13-14-32)46-38(49)35-21-31(57-39-34-12-9-8-11-33(34)36(23-44-39)56-16-15-55-5)24-48(35)40(50)37(26(4)17-25(2)3)45-42(52)58-30-19-27-18-28(27)20-30;;;/h7-12,23,25-32,35,37H,6,13-22,24H2,1-5H3,(H,45,52)(H,46,49)(H,47,51);3*1H/b10-7-;;;/t26-,27+,28?,29-,30?,31-,35+,37+,43-;;;/m1.../s1. The molecule has 328 valence electrons. The molecule has 4 saturated carbocycles. The van der Waals surface area contributed by atoms with E-state index in [1.54, 1.807) is 13.3 Å². The average Bonchev–Trinajstić information content (AvgIpc) is 4.16. The fourth-order valence-electron chi connectivity index (χ4n) is 8.96. The van der Waals surface area contributed by atoms with E-state index in [-0.39, 0.29) is 47.5 Å². The van der Waals surface area contributed by atoms with Crippen LogP contribution in [0, 0.1) is 29.6 Å². The SMILES string of the molecule is CC/C=C\[C@@H]1C[C@]1(NC(=O)[C@@H]1C[C@@H](Oc2ncc(OCCOC)c3ccccc23)CN1C(=O)[C@@H](NC(=O)OC1CC2C[C@H]2C1)[C@H](C)CC(C)C)C(=O)NS(=O)(=O)C1CC1.[HH].[HH].[HH]. The Morgan fingerprint density at radius 3 is 2.42 bits per heavy atom. The highest BCUT2D eigenvalue weighted by Crippen LogP contribution is 2.52. The molecule has 2 unspecified atom stereocenters. The molecule has 16 heteroatoms. The van der Waals surface area contributed by atoms with Crippen LogP contribution in [-0.4, -0.2) is 104 Å². The van der Waals surface area contributed by atoms with Gasteiger partial charge in [-0.1, -0.05) is 58.0 Å². The Bertz CT molecular complexity index is 2050. The van der Waals surface area contributed by atoms with Crippen LogP contribution in [0.25, 0.3) is 10.8 Å². The van der Waals surface area contributed by atoms with Gasteiger partial charge in [-0.3, -0.25) is 19.1 Å². The van der Waals surface area contributed by atoms with Gasteiger partial charge in [0.05, 0.1) is 24.6 Å². The number of sulfonamides is 1. The van der Waals surface area contributed by atoms with Crippen LogP contribution in [0.4, 0.5) is 4.79 Å². The summed E-state index contributed by atoms with van der Waals surface area (Å²) in [5, 5.41) is 6.58. The van der Waals surface area contributed by atoms with E-state index < -0.39 is 68.7 Å². The largest absolute Gasteiger partial charge is 0.489 e. The number of benzene rings is 1. The summed E-state index contributed by atoms with van der Waals surface area (Å²) in [5.74, 6) is -0.466. The molecule has 9 atom stereocenters. The lowest BCUT2D eigenvalue weighted by Crippen LogP contribution is -2.59. The van der Waals surface area contributed by atoms with E-state index in [0.29, 0.717) is 61.9 Å². The summed E-state index contributed by atoms with van der Waals surface area (Å²) in [6.45, 7) is 8.59. The van der Waals surface area contributed by atoms with Crippen LogP contribution in [0.2, 0.25) is 0 Å². The molecule has 4 aliphatic carbocycles. The van der Waals surface area contributed by atoms with Gasteiger partial charge in [-0.2, -0.15) is 0 Å². The van der Waals surface area contributed by atoms with Gasteiger partial charge in [0.25, 0.3) is 5.91 Å². The van der Waals surface area contributed by atoms with Gasteiger partial charge in [0.15, 0.2) is 0 Å². The molecule has 3 N–H and O–H groups in total. The van der Waals surface area contributed by atoms with Gasteiger partial charge in [-0.25, -0.2) is 18.2 Å². The topological polar surface area (TPSA) is 192 Å². The molecule has 0 spiro atoms. The van der Waals surface area contributed by atoms with Crippen LogP contribution in [0.5, 0.6) is 11.6 Å². The Hall–Kier alpha value is -4.44. The van der Waals surface area contributed by atoms with E-state index in [1.165, 1.54) is 11.3 Å². The zero-order valence-electron chi connectivity index (χ0n) is 34.7. The molecule has 5 fully saturated rings. The number of pyridine rings is 1. The third kappa shape index (κ3) is 9.80. The van der Waals surface area contributed by atoms with Crippen molar-refractivity contribution in [3.8, 4) is 11.6 Å². The number of methoxy groups -OCH3 is 1. The minimum absolute atomic E-state index is 0. The maximum absolute atomic E-state index is 14.9. The molecule has 7 rings (SSSR count). The Labute approximate surface area is 351 Å². The van der Waals surface area contributed by atoms with E-state index in [1.807, 2.05) is 64.1 Å². The van der Waals surface area contributed by atoms with Crippen LogP contribution >= 0.6 is 0 Å². The normalized spacial score (nSPS) is 28.2. The molecule has 2 aromatic rings. The van der Waals surface area contributed by atoms with Gasteiger partial charge >= 0.3 is 6.09 Å². The number of allylic oxidation sites excluding steroid dienone is 1. The van der Waals surface area contributed by atoms with Crippen molar-refractivity contribution in [3.05, 3.63) is 42.6 Å². The average molecular weight is 844 g/mol. The smallest absolute Gasteiger partial charge is 0.408 e. The Morgan fingerprint density at radius 2 is 1.75 bits per heavy atom. The molecular weight excluding hydrogens is 779 g/mol. The van der Waals surface area contributed by atoms with Crippen LogP contribution in [0.15, 0.2) is 42.6 Å². The number of carbonyl (C=O) groups is 4. The highest BCUT2D eigenvalue weighted by atomic mass is 32.2. The number of rotatable bonds is 19. The number of amides is 4. The predicted molar refractivity (Wildman–Crippen MR) is 225 cm³/mol. The first-order valence-electron chi connectivity index (χ1n) is 21.2. The number of hydrogen-bond acceptors (Lipinski definition) is 11. The summed E-state index contributed by atoms with van der Waals surface area (Å²) in [5.41, 5.74) is -1.52. The zero-order chi connectivity index (χ0) is 42.1. The lowest BCUT2D eigenvalue weighted by atomic mass is 9.91. The first-order valence-corrected chi connectivity index (χ1v) is 22.8. The highest BCUT2D eigenvalue weighted by Gasteiger charge is 2.62. The van der Waals surface area contributed by atoms with Crippen molar-refractivity contribution in [2.24, 2.45) is 29.6 Å². The van der Waals surface area contributed by atoms with Gasteiger partial charge in [-0.15, -0.1) is 0 Å². The van der Waals surface area contributed by atoms with E-state index in [4.69, 9.17) is 18.9 Å². The number of ether oxygens (including phenoxy) is 4. The monoisotopic (exact) mass is 843 g/mol. The number of likely N-dealkylation sites (tertiary alicyclic amines) is 1. The van der Waals surface area contributed by atoms with Crippen LogP contribution < -0.4 is 24.8 Å². The molecule has 59 heavy (non-hydrogen) atoms. The highest BCUT2D eigenvalue weighted by molar-refractivity contribution is 7.91. The molecule has 1 aromatic heterocycles. The molecule has 15 nitrogen and oxygen atoms in total. The molecule has 1 saturated heterocycles. The first kappa shape index (κ1) is 42.7. The van der Waals surface area contributed by atoms with Gasteiger partial charge in [0.2, 0.25) is 27.7 Å². The number of nitrogens with zero attached hydrogens (tertiary/aromatic N) is 2. The number of alkyl carbamates (subject to hydrolysis) is 1. The van der Waals surface area contributed by atoms with Gasteiger partial charge < -0.3 is 34.5 Å². The van der Waals surface area contributed by atoms with E-state index in [2.05, 4.69) is 20.3 Å². The maximum atomic E-state index is 14.9. The molecule has 1 aliphatic heterocycles. The second-order valence-corrected chi connectivity index (χ2v) is 19.5. The second kappa shape index (κ2) is 17.6. The summed E-state index contributed by atoms with van der Waals surface area (Å²) in [7, 11) is -2.32. The lowest BCUT2D eigenvalue weighted by Gasteiger charge is -2.32. The summed E-state index contributed by atoms with van der Waals surface area (Å²) in [6, 6.07) is 5.30. The van der Waals surface area contributed by atoms with Crippen molar-refractivity contribution in [1.82, 2.24) is 25.2 Å². The molecule has 1 aromatic carbocycles. The van der Waals surface area contributed by atoms with E-state index >= 15 is 0 Å². The fraction of sp³-hybridized carbons (Fsp3) is 0.651. The van der Waals surface area contributed by atoms with E-state index in [9.17, 15) is 27.6 Å². The minimum Gasteiger partial charge on any atom is -0.489 e. The maximum Gasteiger partial charge on any atom is 0.408 e. The number of aromatic nitrogens is 1. The van der Waals surface area contributed by atoms with Crippen LogP contribution in [-0.2, 0) is 33.9 Å². The summed E-state index contributed by atoms with van der Waals surface area (Å²) in [6.07, 6.45) is 8.94. The van der Waals surface area contributed by atoms with Crippen molar-refractivity contribution in [3.63, 3.8) is 0 Å². The summed E-state index contributed by atoms with van der Waals surface area (Å²) < 4.78 is 51.5. The fourth-order valence-corrected chi connectivity index (χ4v) is 10.3. The van der Waals surface area contributed by atoms with Crippen LogP contribution in [0.3, 0.4) is 0 Å². The van der Waals surface area contributed by atoms with Gasteiger partial charge in [0.1, 0.15) is 42.2 Å². The van der Waals surface area contributed by atoms with Crippen molar-refractivity contribution < 1.29 is 50.8 Å². The lowest BCUT2D eigenvalue weighted by molar-refractivity contribution is -0.142. The Kier molecular flexibility index (Phi) is 12.8. The van der Waals surface area contributed by atoms with Crippen molar-refractivity contribution in [2.45, 2.75) is 121 Å². The summed E-state index contributed by atoms with van der Waals surface area (Å²) in [4.78, 5) is 62.7. The Morgan fingerprint density at radius 1 is 1.02 bits per heavy atom. The number of nitrogens with one attached hydrogen (secondary N) is 3. The zero-order valence-corrected chi connectivity index (χ0v) is 35.5. The molecule has 0 radical (unpaired) electrons. The van der Waals surface area contributed by atoms with Crippen LogP contribution in [0.1, 0.15) is 89.8 Å². The molecule has 0 bridgehead atoms. The summed E-state index contributed by atoms with van der Waals surface area (Å²) >= 11 is 0. The van der Waals surface area contributed by atoms with Crippen molar-refractivity contribution in [2.75, 3.05) is 26.9 Å². The van der Waals surface area contributed by atoms with Crippen molar-refractivity contribution >= 4 is 44.6 Å². The third-order valence-corrected chi connectivity index (χ3v) is 14.2. The van der Waals surface area contributed by atoms with Crippen molar-refractivity contribution in [1.29, 1.82) is 0 Å². The van der Waals surface area contributed by atoms with E-state index in [0.717, 1.165) is 18.2 Å². The predicted octanol–water partition coefficient (Wildman–Crippen LogP) is 5.37. The molecular formula is C43H65N5O10S. The molecule has 4 amide bonds. The van der Waals surface area contributed by atoms with Gasteiger partial charge in [0, 0.05) is 34.5 Å². The molecule has 2 heterocycles. The number of fused-ring (bicyclic) bond motifs is 2. The minimum atomic E-state index is -3.91.